The van der Waals surface area contributed by atoms with Crippen molar-refractivity contribution in [1.29, 1.82) is 0 Å². The highest BCUT2D eigenvalue weighted by Crippen LogP contribution is 2.27. The molecule has 1 rings (SSSR count). The Labute approximate surface area is 103 Å². The Hall–Kier alpha value is -1.10. The third-order valence-corrected chi connectivity index (χ3v) is 2.98. The molecule has 5 nitrogen and oxygen atoms in total. The molecule has 1 saturated carbocycles. The molecular weight excluding hydrogens is 218 g/mol. The van der Waals surface area contributed by atoms with Crippen LogP contribution in [0.5, 0.6) is 0 Å². The first-order valence-electron chi connectivity index (χ1n) is 6.29. The molecule has 0 aromatic rings. The van der Waals surface area contributed by atoms with Crippen LogP contribution in [0, 0.1) is 5.92 Å². The van der Waals surface area contributed by atoms with E-state index in [4.69, 9.17) is 5.73 Å². The molecule has 0 aromatic heterocycles. The minimum absolute atomic E-state index is 0.0159. The fraction of sp³-hybridized carbons (Fsp3) is 0.833. The zero-order chi connectivity index (χ0) is 12.9. The number of amides is 2. The van der Waals surface area contributed by atoms with Gasteiger partial charge in [-0.15, -0.1) is 0 Å². The number of rotatable bonds is 7. The molecule has 1 aliphatic carbocycles. The number of carbonyl (C=O) groups is 2. The van der Waals surface area contributed by atoms with Crippen molar-refractivity contribution in [3.05, 3.63) is 0 Å². The number of carbonyl (C=O) groups excluding carboxylic acids is 2. The van der Waals surface area contributed by atoms with Gasteiger partial charge in [-0.3, -0.25) is 9.59 Å². The molecule has 1 aliphatic rings. The van der Waals surface area contributed by atoms with Crippen LogP contribution in [0.15, 0.2) is 0 Å². The predicted octanol–water partition coefficient (Wildman–Crippen LogP) is 0.146. The first-order chi connectivity index (χ1) is 7.95. The van der Waals surface area contributed by atoms with Gasteiger partial charge in [-0.25, -0.2) is 0 Å². The van der Waals surface area contributed by atoms with E-state index >= 15 is 0 Å². The van der Waals surface area contributed by atoms with Crippen molar-refractivity contribution in [3.63, 3.8) is 0 Å². The maximum Gasteiger partial charge on any atom is 0.240 e. The van der Waals surface area contributed by atoms with Crippen molar-refractivity contribution in [1.82, 2.24) is 10.6 Å². The summed E-state index contributed by atoms with van der Waals surface area (Å²) in [4.78, 5) is 23.1. The highest BCUT2D eigenvalue weighted by Gasteiger charge is 2.27. The molecule has 1 atom stereocenters. The summed E-state index contributed by atoms with van der Waals surface area (Å²) in [6.45, 7) is 4.40. The Kier molecular flexibility index (Phi) is 4.93. The van der Waals surface area contributed by atoms with E-state index < -0.39 is 5.54 Å². The lowest BCUT2D eigenvalue weighted by atomic mass is 9.96. The monoisotopic (exact) mass is 241 g/mol. The number of hydrogen-bond donors (Lipinski definition) is 3. The molecule has 0 aliphatic heterocycles. The summed E-state index contributed by atoms with van der Waals surface area (Å²) < 4.78 is 0. The Morgan fingerprint density at radius 3 is 2.53 bits per heavy atom. The first kappa shape index (κ1) is 14.0. The maximum absolute atomic E-state index is 11.7. The van der Waals surface area contributed by atoms with Crippen molar-refractivity contribution >= 4 is 11.8 Å². The van der Waals surface area contributed by atoms with Gasteiger partial charge in [0, 0.05) is 6.54 Å². The third-order valence-electron chi connectivity index (χ3n) is 2.98. The average Bonchev–Trinajstić information content (AvgIpc) is 3.06. The van der Waals surface area contributed by atoms with Crippen LogP contribution in [0.2, 0.25) is 0 Å². The van der Waals surface area contributed by atoms with Crippen molar-refractivity contribution in [2.75, 3.05) is 13.1 Å². The van der Waals surface area contributed by atoms with Crippen molar-refractivity contribution in [2.45, 2.75) is 45.1 Å². The van der Waals surface area contributed by atoms with Crippen LogP contribution in [0.1, 0.15) is 39.5 Å². The molecule has 1 unspecified atom stereocenters. The largest absolute Gasteiger partial charge is 0.354 e. The van der Waals surface area contributed by atoms with Gasteiger partial charge in [-0.05, 0) is 32.1 Å². The highest BCUT2D eigenvalue weighted by molar-refractivity contribution is 5.89. The fourth-order valence-corrected chi connectivity index (χ4v) is 1.64. The van der Waals surface area contributed by atoms with Crippen LogP contribution in [-0.4, -0.2) is 30.4 Å². The van der Waals surface area contributed by atoms with Crippen LogP contribution in [0.25, 0.3) is 0 Å². The predicted molar refractivity (Wildman–Crippen MR) is 66.2 cm³/mol. The van der Waals surface area contributed by atoms with Crippen LogP contribution in [0.3, 0.4) is 0 Å². The van der Waals surface area contributed by atoms with Gasteiger partial charge in [-0.1, -0.05) is 13.3 Å². The molecule has 1 fully saturated rings. The Balaban J connectivity index is 2.19. The molecule has 5 heteroatoms. The maximum atomic E-state index is 11.7. The van der Waals surface area contributed by atoms with E-state index in [0.717, 1.165) is 13.0 Å². The Morgan fingerprint density at radius 1 is 1.35 bits per heavy atom. The summed E-state index contributed by atoms with van der Waals surface area (Å²) in [5.41, 5.74) is 4.96. The first-order valence-corrected chi connectivity index (χ1v) is 6.29. The van der Waals surface area contributed by atoms with E-state index in [1.54, 1.807) is 6.92 Å². The summed E-state index contributed by atoms with van der Waals surface area (Å²) in [5.74, 6) is 0.244. The van der Waals surface area contributed by atoms with E-state index in [9.17, 15) is 9.59 Å². The lowest BCUT2D eigenvalue weighted by molar-refractivity contribution is -0.129. The summed E-state index contributed by atoms with van der Waals surface area (Å²) >= 11 is 0. The van der Waals surface area contributed by atoms with Crippen LogP contribution < -0.4 is 16.4 Å². The van der Waals surface area contributed by atoms with Crippen molar-refractivity contribution in [2.24, 2.45) is 11.7 Å². The van der Waals surface area contributed by atoms with Crippen LogP contribution >= 0.6 is 0 Å². The summed E-state index contributed by atoms with van der Waals surface area (Å²) in [5, 5.41) is 5.36. The van der Waals surface area contributed by atoms with Crippen LogP contribution in [0.4, 0.5) is 0 Å². The minimum atomic E-state index is -0.883. The zero-order valence-electron chi connectivity index (χ0n) is 10.7. The second kappa shape index (κ2) is 6.00. The number of hydrogen-bond acceptors (Lipinski definition) is 3. The van der Waals surface area contributed by atoms with E-state index in [1.165, 1.54) is 12.8 Å². The standard InChI is InChI=1S/C12H23N3O2/c1-3-6-12(2,13)11(17)15-8-10(16)14-7-9-4-5-9/h9H,3-8,13H2,1-2H3,(H,14,16)(H,15,17). The lowest BCUT2D eigenvalue weighted by Gasteiger charge is -2.22. The van der Waals surface area contributed by atoms with Gasteiger partial charge < -0.3 is 16.4 Å². The van der Waals surface area contributed by atoms with Gasteiger partial charge in [0.2, 0.25) is 11.8 Å². The molecular formula is C12H23N3O2. The van der Waals surface area contributed by atoms with Crippen LogP contribution in [-0.2, 0) is 9.59 Å². The topological polar surface area (TPSA) is 84.2 Å². The molecule has 0 bridgehead atoms. The minimum Gasteiger partial charge on any atom is -0.354 e. The van der Waals surface area contributed by atoms with Gasteiger partial charge in [0.15, 0.2) is 0 Å². The van der Waals surface area contributed by atoms with Gasteiger partial charge in [0.05, 0.1) is 12.1 Å². The number of nitrogens with one attached hydrogen (secondary N) is 2. The van der Waals surface area contributed by atoms with Crippen molar-refractivity contribution in [3.8, 4) is 0 Å². The lowest BCUT2D eigenvalue weighted by Crippen LogP contribution is -2.53. The average molecular weight is 241 g/mol. The second-order valence-corrected chi connectivity index (χ2v) is 5.10. The summed E-state index contributed by atoms with van der Waals surface area (Å²) in [6.07, 6.45) is 3.85. The van der Waals surface area contributed by atoms with Gasteiger partial charge >= 0.3 is 0 Å². The molecule has 17 heavy (non-hydrogen) atoms. The molecule has 0 aromatic carbocycles. The van der Waals surface area contributed by atoms with Gasteiger partial charge in [-0.2, -0.15) is 0 Å². The van der Waals surface area contributed by atoms with E-state index in [2.05, 4.69) is 10.6 Å². The van der Waals surface area contributed by atoms with E-state index in [-0.39, 0.29) is 18.4 Å². The Morgan fingerprint density at radius 2 is 2.00 bits per heavy atom. The summed E-state index contributed by atoms with van der Waals surface area (Å²) in [6, 6.07) is 0. The molecule has 0 heterocycles. The number of nitrogens with two attached hydrogens (primary N) is 1. The Bertz CT molecular complexity index is 285. The zero-order valence-corrected chi connectivity index (χ0v) is 10.7. The highest BCUT2D eigenvalue weighted by atomic mass is 16.2. The van der Waals surface area contributed by atoms with Gasteiger partial charge in [0.1, 0.15) is 0 Å². The molecule has 2 amide bonds. The molecule has 98 valence electrons. The SMILES string of the molecule is CCCC(C)(N)C(=O)NCC(=O)NCC1CC1. The van der Waals surface area contributed by atoms with E-state index in [0.29, 0.717) is 12.3 Å². The molecule has 0 radical (unpaired) electrons. The molecule has 0 saturated heterocycles. The van der Waals surface area contributed by atoms with E-state index in [1.807, 2.05) is 6.92 Å². The summed E-state index contributed by atoms with van der Waals surface area (Å²) in [7, 11) is 0. The second-order valence-electron chi connectivity index (χ2n) is 5.10. The smallest absolute Gasteiger partial charge is 0.240 e. The van der Waals surface area contributed by atoms with Crippen molar-refractivity contribution < 1.29 is 9.59 Å². The third kappa shape index (κ3) is 5.17. The van der Waals surface area contributed by atoms with Gasteiger partial charge in [0.25, 0.3) is 0 Å². The quantitative estimate of drug-likeness (QED) is 0.593. The molecule has 0 spiro atoms. The fourth-order valence-electron chi connectivity index (χ4n) is 1.64. The molecule has 4 N–H and O–H groups in total. The normalized spacial score (nSPS) is 18.3.